The number of ether oxygens (including phenoxy) is 1. The average molecular weight is 450 g/mol. The minimum absolute atomic E-state index is 0.0619. The Morgan fingerprint density at radius 1 is 1.16 bits per heavy atom. The van der Waals surface area contributed by atoms with Gasteiger partial charge in [-0.15, -0.1) is 11.3 Å². The predicted octanol–water partition coefficient (Wildman–Crippen LogP) is 5.13. The zero-order valence-electron chi connectivity index (χ0n) is 18.6. The third kappa shape index (κ3) is 6.78. The molecule has 0 fully saturated rings. The number of rotatable bonds is 8. The second kappa shape index (κ2) is 10.7. The van der Waals surface area contributed by atoms with Crippen molar-refractivity contribution in [1.82, 2.24) is 10.3 Å². The van der Waals surface area contributed by atoms with Crippen molar-refractivity contribution in [3.63, 3.8) is 0 Å². The topological polar surface area (TPSA) is 80.3 Å². The summed E-state index contributed by atoms with van der Waals surface area (Å²) in [6.07, 6.45) is 3.20. The van der Waals surface area contributed by atoms with Crippen LogP contribution in [-0.2, 0) is 11.4 Å². The molecule has 0 aliphatic heterocycles. The van der Waals surface area contributed by atoms with Gasteiger partial charge >= 0.3 is 0 Å². The fraction of sp³-hybridized carbons (Fsp3) is 0.240. The first-order valence-corrected chi connectivity index (χ1v) is 11.2. The average Bonchev–Trinajstić information content (AvgIpc) is 3.16. The first-order valence-electron chi connectivity index (χ1n) is 10.3. The van der Waals surface area contributed by atoms with Gasteiger partial charge in [0.1, 0.15) is 12.4 Å². The molecule has 0 unspecified atom stereocenters. The number of carbonyl (C=O) groups is 2. The van der Waals surface area contributed by atoms with E-state index in [0.29, 0.717) is 23.6 Å². The summed E-state index contributed by atoms with van der Waals surface area (Å²) in [4.78, 5) is 28.9. The van der Waals surface area contributed by atoms with Gasteiger partial charge in [-0.3, -0.25) is 9.59 Å². The molecule has 0 bridgehead atoms. The largest absolute Gasteiger partial charge is 0.487 e. The van der Waals surface area contributed by atoms with Crippen LogP contribution < -0.4 is 15.4 Å². The van der Waals surface area contributed by atoms with E-state index in [1.54, 1.807) is 35.6 Å². The Kier molecular flexibility index (Phi) is 7.78. The summed E-state index contributed by atoms with van der Waals surface area (Å²) in [5.74, 6) is 0.333. The molecule has 3 aromatic rings. The molecule has 0 radical (unpaired) electrons. The molecular formula is C25H27N3O3S. The van der Waals surface area contributed by atoms with Gasteiger partial charge in [0.25, 0.3) is 5.91 Å². The van der Waals surface area contributed by atoms with Crippen molar-refractivity contribution in [1.29, 1.82) is 0 Å². The van der Waals surface area contributed by atoms with E-state index in [4.69, 9.17) is 4.74 Å². The highest BCUT2D eigenvalue weighted by molar-refractivity contribution is 7.09. The van der Waals surface area contributed by atoms with Crippen molar-refractivity contribution in [3.8, 4) is 5.75 Å². The molecule has 1 heterocycles. The Balaban J connectivity index is 1.58. The molecule has 1 aromatic heterocycles. The van der Waals surface area contributed by atoms with Crippen LogP contribution in [0.1, 0.15) is 46.0 Å². The number of hydrogen-bond acceptors (Lipinski definition) is 5. The summed E-state index contributed by atoms with van der Waals surface area (Å²) in [6.45, 7) is 8.04. The van der Waals surface area contributed by atoms with Crippen LogP contribution in [0.15, 0.2) is 53.9 Å². The van der Waals surface area contributed by atoms with E-state index in [-0.39, 0.29) is 17.9 Å². The highest BCUT2D eigenvalue weighted by Crippen LogP contribution is 2.18. The Morgan fingerprint density at radius 2 is 1.97 bits per heavy atom. The van der Waals surface area contributed by atoms with Gasteiger partial charge in [0.15, 0.2) is 0 Å². The smallest absolute Gasteiger partial charge is 0.251 e. The maximum Gasteiger partial charge on any atom is 0.251 e. The monoisotopic (exact) mass is 449 g/mol. The van der Waals surface area contributed by atoms with Crippen molar-refractivity contribution in [2.24, 2.45) is 0 Å². The Bertz CT molecular complexity index is 1130. The zero-order valence-corrected chi connectivity index (χ0v) is 19.5. The number of aromatic nitrogens is 1. The third-order valence-corrected chi connectivity index (χ3v) is 5.32. The maximum atomic E-state index is 12.3. The number of benzene rings is 2. The van der Waals surface area contributed by atoms with Crippen LogP contribution in [0, 0.1) is 13.8 Å². The van der Waals surface area contributed by atoms with Gasteiger partial charge in [-0.1, -0.05) is 12.1 Å². The van der Waals surface area contributed by atoms with E-state index in [0.717, 1.165) is 21.8 Å². The van der Waals surface area contributed by atoms with Gasteiger partial charge < -0.3 is 15.4 Å². The van der Waals surface area contributed by atoms with Crippen LogP contribution in [0.2, 0.25) is 0 Å². The van der Waals surface area contributed by atoms with Crippen molar-refractivity contribution in [2.75, 3.05) is 5.32 Å². The summed E-state index contributed by atoms with van der Waals surface area (Å²) in [6, 6.07) is 12.8. The fourth-order valence-corrected chi connectivity index (χ4v) is 3.63. The minimum atomic E-state index is -0.256. The molecule has 7 heteroatoms. The number of hydrogen-bond donors (Lipinski definition) is 2. The first kappa shape index (κ1) is 23.2. The van der Waals surface area contributed by atoms with Gasteiger partial charge in [0, 0.05) is 28.7 Å². The van der Waals surface area contributed by atoms with Crippen LogP contribution in [-0.4, -0.2) is 22.8 Å². The van der Waals surface area contributed by atoms with Gasteiger partial charge in [0.2, 0.25) is 5.91 Å². The molecule has 3 rings (SSSR count). The summed E-state index contributed by atoms with van der Waals surface area (Å²) in [7, 11) is 0. The number of anilines is 1. The Labute approximate surface area is 192 Å². The van der Waals surface area contributed by atoms with Gasteiger partial charge in [-0.25, -0.2) is 4.98 Å². The Hall–Kier alpha value is -3.45. The normalized spacial score (nSPS) is 11.0. The van der Waals surface area contributed by atoms with Crippen LogP contribution in [0.3, 0.4) is 0 Å². The molecule has 0 saturated carbocycles. The quantitative estimate of drug-likeness (QED) is 0.467. The molecule has 6 nitrogen and oxygen atoms in total. The van der Waals surface area contributed by atoms with E-state index >= 15 is 0 Å². The third-order valence-electron chi connectivity index (χ3n) is 4.50. The SMILES string of the molecule is Cc1nc(COc2cccc(/C=C/C(=O)Nc3ccc(C(=O)NC(C)C)c(C)c3)c2)cs1. The van der Waals surface area contributed by atoms with Crippen molar-refractivity contribution >= 4 is 34.9 Å². The molecule has 0 aliphatic rings. The summed E-state index contributed by atoms with van der Waals surface area (Å²) >= 11 is 1.59. The highest BCUT2D eigenvalue weighted by atomic mass is 32.1. The van der Waals surface area contributed by atoms with Crippen LogP contribution in [0.5, 0.6) is 5.75 Å². The van der Waals surface area contributed by atoms with Crippen molar-refractivity contribution in [2.45, 2.75) is 40.3 Å². The van der Waals surface area contributed by atoms with Crippen LogP contribution in [0.4, 0.5) is 5.69 Å². The fourth-order valence-electron chi connectivity index (χ4n) is 3.03. The molecular weight excluding hydrogens is 422 g/mol. The van der Waals surface area contributed by atoms with E-state index in [9.17, 15) is 9.59 Å². The van der Waals surface area contributed by atoms with Crippen LogP contribution >= 0.6 is 11.3 Å². The molecule has 32 heavy (non-hydrogen) atoms. The molecule has 166 valence electrons. The number of carbonyl (C=O) groups excluding carboxylic acids is 2. The van der Waals surface area contributed by atoms with Crippen molar-refractivity contribution in [3.05, 3.63) is 81.3 Å². The number of aryl methyl sites for hydroxylation is 2. The lowest BCUT2D eigenvalue weighted by Gasteiger charge is -2.11. The van der Waals surface area contributed by atoms with Gasteiger partial charge in [0.05, 0.1) is 10.7 Å². The maximum absolute atomic E-state index is 12.3. The second-order valence-corrected chi connectivity index (χ2v) is 8.76. The summed E-state index contributed by atoms with van der Waals surface area (Å²) in [5, 5.41) is 8.69. The number of nitrogens with one attached hydrogen (secondary N) is 2. The zero-order chi connectivity index (χ0) is 23.1. The van der Waals surface area contributed by atoms with Crippen LogP contribution in [0.25, 0.3) is 6.08 Å². The number of thiazole rings is 1. The predicted molar refractivity (Wildman–Crippen MR) is 129 cm³/mol. The molecule has 0 spiro atoms. The molecule has 0 aliphatic carbocycles. The Morgan fingerprint density at radius 3 is 2.66 bits per heavy atom. The van der Waals surface area contributed by atoms with Gasteiger partial charge in [-0.05, 0) is 75.2 Å². The lowest BCUT2D eigenvalue weighted by Crippen LogP contribution is -2.30. The number of amides is 2. The molecule has 2 N–H and O–H groups in total. The van der Waals surface area contributed by atoms with E-state index < -0.39 is 0 Å². The van der Waals surface area contributed by atoms with Crippen molar-refractivity contribution < 1.29 is 14.3 Å². The van der Waals surface area contributed by atoms with E-state index in [1.807, 2.05) is 57.3 Å². The number of nitrogens with zero attached hydrogens (tertiary/aromatic N) is 1. The molecule has 2 amide bonds. The standard InChI is InChI=1S/C25H27N3O3S/c1-16(2)26-25(30)23-10-9-20(12-17(23)3)28-24(29)11-8-19-6-5-7-22(13-19)31-14-21-15-32-18(4)27-21/h5-13,15-16H,14H2,1-4H3,(H,26,30)(H,28,29)/b11-8+. The summed E-state index contributed by atoms with van der Waals surface area (Å²) < 4.78 is 5.79. The lowest BCUT2D eigenvalue weighted by atomic mass is 10.1. The second-order valence-electron chi connectivity index (χ2n) is 7.70. The highest BCUT2D eigenvalue weighted by Gasteiger charge is 2.11. The van der Waals surface area contributed by atoms with E-state index in [2.05, 4.69) is 15.6 Å². The minimum Gasteiger partial charge on any atom is -0.487 e. The van der Waals surface area contributed by atoms with E-state index in [1.165, 1.54) is 6.08 Å². The summed E-state index contributed by atoms with van der Waals surface area (Å²) in [5.41, 5.74) is 3.77. The molecule has 0 atom stereocenters. The lowest BCUT2D eigenvalue weighted by molar-refractivity contribution is -0.111. The molecule has 2 aromatic carbocycles. The first-order chi connectivity index (χ1) is 15.3. The molecule has 0 saturated heterocycles. The van der Waals surface area contributed by atoms with Gasteiger partial charge in [-0.2, -0.15) is 0 Å².